The molecule has 4 rings (SSSR count). The van der Waals surface area contributed by atoms with Gasteiger partial charge in [0.2, 0.25) is 0 Å². The van der Waals surface area contributed by atoms with Crippen molar-refractivity contribution in [3.05, 3.63) is 0 Å². The molecule has 4 heteroatoms. The summed E-state index contributed by atoms with van der Waals surface area (Å²) >= 11 is 0. The molecule has 0 heterocycles. The summed E-state index contributed by atoms with van der Waals surface area (Å²) in [5, 5.41) is 0. The van der Waals surface area contributed by atoms with Crippen LogP contribution < -0.4 is 0 Å². The number of hydrogen-bond donors (Lipinski definition) is 0. The highest BCUT2D eigenvalue weighted by atomic mass is 16.5. The van der Waals surface area contributed by atoms with Crippen LogP contribution in [-0.4, -0.2) is 23.6 Å². The standard InChI is InChI=1S/C30H48O4/c1-17(2)18(3)14-24-19(4)26(16-27(24)32)30(7)13-11-25-23(28(30)33)9-8-21-15-22(34-20(5)31)10-12-29(21,25)6/h17-19,21-26H,8-16H2,1-7H3/t18-,19+,21-,22-,23+,24+,25-,26+,29-,30+/m0/s1. The molecule has 0 N–H and O–H groups in total. The van der Waals surface area contributed by atoms with Crippen molar-refractivity contribution in [2.75, 3.05) is 0 Å². The van der Waals surface area contributed by atoms with Crippen LogP contribution in [0, 0.1) is 58.2 Å². The first-order chi connectivity index (χ1) is 15.9. The lowest BCUT2D eigenvalue weighted by Gasteiger charge is -2.58. The minimum absolute atomic E-state index is 0.0483. The molecule has 0 spiro atoms. The van der Waals surface area contributed by atoms with Crippen molar-refractivity contribution in [2.45, 2.75) is 112 Å². The summed E-state index contributed by atoms with van der Waals surface area (Å²) in [5.74, 6) is 3.54. The minimum Gasteiger partial charge on any atom is -0.463 e. The maximum atomic E-state index is 14.2. The summed E-state index contributed by atoms with van der Waals surface area (Å²) in [7, 11) is 0. The highest BCUT2D eigenvalue weighted by molar-refractivity contribution is 5.91. The number of hydrogen-bond acceptors (Lipinski definition) is 4. The van der Waals surface area contributed by atoms with Crippen LogP contribution in [0.2, 0.25) is 0 Å². The van der Waals surface area contributed by atoms with Crippen molar-refractivity contribution in [1.82, 2.24) is 0 Å². The normalized spacial score (nSPS) is 45.6. The Hall–Kier alpha value is -1.19. The molecule has 4 aliphatic rings. The Morgan fingerprint density at radius 2 is 1.74 bits per heavy atom. The van der Waals surface area contributed by atoms with Gasteiger partial charge >= 0.3 is 5.97 Å². The Balaban J connectivity index is 1.49. The minimum atomic E-state index is -0.357. The third kappa shape index (κ3) is 4.30. The Kier molecular flexibility index (Phi) is 7.12. The molecular formula is C30H48O4. The average molecular weight is 473 g/mol. The van der Waals surface area contributed by atoms with Crippen LogP contribution in [0.15, 0.2) is 0 Å². The monoisotopic (exact) mass is 472 g/mol. The molecule has 0 aromatic rings. The first-order valence-corrected chi connectivity index (χ1v) is 14.1. The fourth-order valence-corrected chi connectivity index (χ4v) is 8.87. The maximum Gasteiger partial charge on any atom is 0.302 e. The van der Waals surface area contributed by atoms with Gasteiger partial charge in [0.1, 0.15) is 17.7 Å². The van der Waals surface area contributed by atoms with E-state index in [-0.39, 0.29) is 40.7 Å². The van der Waals surface area contributed by atoms with E-state index in [1.54, 1.807) is 0 Å². The molecule has 0 unspecified atom stereocenters. The van der Waals surface area contributed by atoms with E-state index >= 15 is 0 Å². The third-order valence-electron chi connectivity index (χ3n) is 11.5. The molecule has 0 aromatic carbocycles. The summed E-state index contributed by atoms with van der Waals surface area (Å²) < 4.78 is 5.58. The van der Waals surface area contributed by atoms with Crippen LogP contribution in [0.1, 0.15) is 106 Å². The number of Topliss-reactive ketones (excluding diaryl/α,β-unsaturated/α-hetero) is 2. The quantitative estimate of drug-likeness (QED) is 0.421. The lowest BCUT2D eigenvalue weighted by molar-refractivity contribution is -0.164. The number of fused-ring (bicyclic) bond motifs is 3. The van der Waals surface area contributed by atoms with Crippen LogP contribution in [0.25, 0.3) is 0 Å². The van der Waals surface area contributed by atoms with E-state index < -0.39 is 0 Å². The average Bonchev–Trinajstić information content (AvgIpc) is 3.05. The molecule has 4 nitrogen and oxygen atoms in total. The fourth-order valence-electron chi connectivity index (χ4n) is 8.87. The van der Waals surface area contributed by atoms with Gasteiger partial charge in [0.25, 0.3) is 0 Å². The molecule has 0 bridgehead atoms. The Morgan fingerprint density at radius 1 is 1.03 bits per heavy atom. The molecule has 34 heavy (non-hydrogen) atoms. The van der Waals surface area contributed by atoms with Crippen molar-refractivity contribution in [3.63, 3.8) is 0 Å². The number of ketones is 2. The van der Waals surface area contributed by atoms with Gasteiger partial charge in [-0.1, -0.05) is 41.5 Å². The van der Waals surface area contributed by atoms with Crippen molar-refractivity contribution < 1.29 is 19.1 Å². The van der Waals surface area contributed by atoms with Gasteiger partial charge in [-0.05, 0) is 92.3 Å². The molecule has 0 radical (unpaired) electrons. The van der Waals surface area contributed by atoms with Crippen molar-refractivity contribution >= 4 is 17.5 Å². The van der Waals surface area contributed by atoms with Crippen LogP contribution in [0.5, 0.6) is 0 Å². The number of ether oxygens (including phenoxy) is 1. The zero-order valence-electron chi connectivity index (χ0n) is 22.7. The summed E-state index contributed by atoms with van der Waals surface area (Å²) in [4.78, 5) is 38.8. The summed E-state index contributed by atoms with van der Waals surface area (Å²) in [5.41, 5.74) is -0.187. The van der Waals surface area contributed by atoms with Gasteiger partial charge in [0.05, 0.1) is 0 Å². The van der Waals surface area contributed by atoms with Crippen LogP contribution in [-0.2, 0) is 19.1 Å². The largest absolute Gasteiger partial charge is 0.463 e. The van der Waals surface area contributed by atoms with Gasteiger partial charge in [0.15, 0.2) is 0 Å². The lowest BCUT2D eigenvalue weighted by Crippen LogP contribution is -2.56. The SMILES string of the molecule is CC(=O)O[C@H]1CC[C@@]2(C)[C@@H](CC[C@H]3C(=O)[C@@](C)([C@@H]4CC(=O)[C@H](C[C@H](C)C(C)C)[C@H]4C)CC[C@@H]32)C1. The Bertz CT molecular complexity index is 817. The van der Waals surface area contributed by atoms with Gasteiger partial charge in [-0.15, -0.1) is 0 Å². The molecule has 192 valence electrons. The molecule has 4 fully saturated rings. The zero-order chi connectivity index (χ0) is 25.0. The second kappa shape index (κ2) is 9.36. The molecule has 0 aromatic heterocycles. The predicted molar refractivity (Wildman–Crippen MR) is 134 cm³/mol. The van der Waals surface area contributed by atoms with E-state index in [0.29, 0.717) is 47.6 Å². The first kappa shape index (κ1) is 25.9. The molecule has 0 amide bonds. The topological polar surface area (TPSA) is 60.4 Å². The van der Waals surface area contributed by atoms with Gasteiger partial charge in [-0.2, -0.15) is 0 Å². The van der Waals surface area contributed by atoms with Gasteiger partial charge in [-0.3, -0.25) is 14.4 Å². The van der Waals surface area contributed by atoms with Gasteiger partial charge in [0, 0.05) is 30.6 Å². The zero-order valence-corrected chi connectivity index (χ0v) is 22.7. The molecule has 0 saturated heterocycles. The number of carbonyl (C=O) groups excluding carboxylic acids is 3. The fraction of sp³-hybridized carbons (Fsp3) is 0.900. The van der Waals surface area contributed by atoms with E-state index in [4.69, 9.17) is 4.74 Å². The van der Waals surface area contributed by atoms with E-state index in [2.05, 4.69) is 41.5 Å². The van der Waals surface area contributed by atoms with Crippen molar-refractivity contribution in [2.24, 2.45) is 58.2 Å². The maximum absolute atomic E-state index is 14.2. The van der Waals surface area contributed by atoms with E-state index in [0.717, 1.165) is 51.4 Å². The van der Waals surface area contributed by atoms with Crippen LogP contribution >= 0.6 is 0 Å². The van der Waals surface area contributed by atoms with E-state index in [9.17, 15) is 14.4 Å². The summed E-state index contributed by atoms with van der Waals surface area (Å²) in [6.45, 7) is 15.1. The molecule has 0 aliphatic heterocycles. The highest BCUT2D eigenvalue weighted by Gasteiger charge is 2.60. The van der Waals surface area contributed by atoms with Crippen molar-refractivity contribution in [1.29, 1.82) is 0 Å². The van der Waals surface area contributed by atoms with E-state index in [1.165, 1.54) is 6.92 Å². The lowest BCUT2D eigenvalue weighted by atomic mass is 9.45. The first-order valence-electron chi connectivity index (χ1n) is 14.1. The van der Waals surface area contributed by atoms with Crippen LogP contribution in [0.3, 0.4) is 0 Å². The second-order valence-electron chi connectivity index (χ2n) is 13.5. The summed E-state index contributed by atoms with van der Waals surface area (Å²) in [6, 6.07) is 0. The molecule has 4 aliphatic carbocycles. The van der Waals surface area contributed by atoms with Gasteiger partial charge < -0.3 is 4.74 Å². The molecular weight excluding hydrogens is 424 g/mol. The van der Waals surface area contributed by atoms with E-state index in [1.807, 2.05) is 0 Å². The number of rotatable bonds is 5. The molecule has 4 saturated carbocycles. The molecule has 10 atom stereocenters. The Labute approximate surface area is 207 Å². The second-order valence-corrected chi connectivity index (χ2v) is 13.5. The summed E-state index contributed by atoms with van der Waals surface area (Å²) in [6.07, 6.45) is 8.59. The van der Waals surface area contributed by atoms with Crippen molar-refractivity contribution in [3.8, 4) is 0 Å². The third-order valence-corrected chi connectivity index (χ3v) is 11.5. The van der Waals surface area contributed by atoms with Gasteiger partial charge in [-0.25, -0.2) is 0 Å². The van der Waals surface area contributed by atoms with Crippen LogP contribution in [0.4, 0.5) is 0 Å². The number of esters is 1. The number of carbonyl (C=O) groups is 3. The predicted octanol–water partition coefficient (Wildman–Crippen LogP) is 6.64. The highest BCUT2D eigenvalue weighted by Crippen LogP contribution is 2.63. The smallest absolute Gasteiger partial charge is 0.302 e. The Morgan fingerprint density at radius 3 is 2.38 bits per heavy atom.